The van der Waals surface area contributed by atoms with Gasteiger partial charge in [-0.3, -0.25) is 4.79 Å². The summed E-state index contributed by atoms with van der Waals surface area (Å²) in [6, 6.07) is 6.43. The molecule has 0 heterocycles. The van der Waals surface area contributed by atoms with Gasteiger partial charge in [-0.2, -0.15) is 0 Å². The topological polar surface area (TPSA) is 57.5 Å². The second-order valence-corrected chi connectivity index (χ2v) is 2.54. The van der Waals surface area contributed by atoms with Gasteiger partial charge in [0.2, 0.25) is 0 Å². The Morgan fingerprint density at radius 2 is 2.17 bits per heavy atom. The molecule has 3 nitrogen and oxygen atoms in total. The molecule has 1 rings (SSSR count). The third-order valence-corrected chi connectivity index (χ3v) is 1.49. The van der Waals surface area contributed by atoms with Crippen molar-refractivity contribution in [1.29, 1.82) is 0 Å². The molecule has 0 aliphatic rings. The lowest BCUT2D eigenvalue weighted by Gasteiger charge is -1.98. The van der Waals surface area contributed by atoms with Crippen LogP contribution in [0, 0.1) is 0 Å². The first kappa shape index (κ1) is 8.74. The molecule has 0 aliphatic heterocycles. The third kappa shape index (κ3) is 2.36. The van der Waals surface area contributed by atoms with E-state index in [1.165, 1.54) is 12.1 Å². The predicted molar refractivity (Wildman–Crippen MR) is 43.9 cm³/mol. The summed E-state index contributed by atoms with van der Waals surface area (Å²) in [5.41, 5.74) is 0.717. The van der Waals surface area contributed by atoms with Crippen molar-refractivity contribution in [3.8, 4) is 5.75 Å². The lowest BCUT2D eigenvalue weighted by Crippen LogP contribution is -2.06. The van der Waals surface area contributed by atoms with Crippen molar-refractivity contribution >= 4 is 5.78 Å². The number of rotatable bonds is 3. The van der Waals surface area contributed by atoms with Gasteiger partial charge in [-0.25, -0.2) is 0 Å². The summed E-state index contributed by atoms with van der Waals surface area (Å²) < 4.78 is 0. The fraction of sp³-hybridized carbons (Fsp3) is 0.222. The van der Waals surface area contributed by atoms with Gasteiger partial charge in [-0.15, -0.1) is 0 Å². The van der Waals surface area contributed by atoms with Gasteiger partial charge >= 0.3 is 0 Å². The number of aliphatic hydroxyl groups excluding tert-OH is 1. The highest BCUT2D eigenvalue weighted by Gasteiger charge is 2.01. The quantitative estimate of drug-likeness (QED) is 0.687. The summed E-state index contributed by atoms with van der Waals surface area (Å²) in [6.07, 6.45) is 0.172. The fourth-order valence-corrected chi connectivity index (χ4v) is 0.950. The zero-order valence-electron chi connectivity index (χ0n) is 6.53. The zero-order chi connectivity index (χ0) is 8.97. The van der Waals surface area contributed by atoms with Gasteiger partial charge < -0.3 is 10.2 Å². The maximum Gasteiger partial charge on any atom is 0.162 e. The summed E-state index contributed by atoms with van der Waals surface area (Å²) in [5.74, 6) is -0.112. The van der Waals surface area contributed by atoms with Crippen molar-refractivity contribution in [2.24, 2.45) is 0 Å². The number of benzene rings is 1. The van der Waals surface area contributed by atoms with Crippen LogP contribution in [0.15, 0.2) is 24.3 Å². The van der Waals surface area contributed by atoms with Gasteiger partial charge in [0.1, 0.15) is 12.4 Å². The SMILES string of the molecule is O=C(CO)Cc1cccc(O)c1. The van der Waals surface area contributed by atoms with Crippen LogP contribution in [0.4, 0.5) is 0 Å². The van der Waals surface area contributed by atoms with Crippen LogP contribution in [0.3, 0.4) is 0 Å². The Bertz CT molecular complexity index is 281. The molecule has 0 saturated heterocycles. The van der Waals surface area contributed by atoms with Gasteiger partial charge in [-0.1, -0.05) is 12.1 Å². The Hall–Kier alpha value is -1.35. The fourth-order valence-electron chi connectivity index (χ4n) is 0.950. The van der Waals surface area contributed by atoms with E-state index in [9.17, 15) is 4.79 Å². The van der Waals surface area contributed by atoms with E-state index in [0.717, 1.165) is 0 Å². The number of carbonyl (C=O) groups excluding carboxylic acids is 1. The predicted octanol–water partition coefficient (Wildman–Crippen LogP) is 0.496. The smallest absolute Gasteiger partial charge is 0.162 e. The second kappa shape index (κ2) is 3.88. The van der Waals surface area contributed by atoms with Crippen LogP contribution in [-0.2, 0) is 11.2 Å². The van der Waals surface area contributed by atoms with Crippen LogP contribution >= 0.6 is 0 Å². The normalized spacial score (nSPS) is 9.75. The van der Waals surface area contributed by atoms with E-state index in [4.69, 9.17) is 10.2 Å². The van der Waals surface area contributed by atoms with E-state index in [2.05, 4.69) is 0 Å². The van der Waals surface area contributed by atoms with Crippen LogP contribution < -0.4 is 0 Å². The molecule has 64 valence electrons. The number of phenolic OH excluding ortho intramolecular Hbond substituents is 1. The van der Waals surface area contributed by atoms with Crippen molar-refractivity contribution < 1.29 is 15.0 Å². The molecule has 1 aromatic carbocycles. The monoisotopic (exact) mass is 166 g/mol. The Balaban J connectivity index is 2.69. The van der Waals surface area contributed by atoms with Crippen molar-refractivity contribution in [2.45, 2.75) is 6.42 Å². The molecule has 0 aromatic heterocycles. The Labute approximate surface area is 70.3 Å². The van der Waals surface area contributed by atoms with Gasteiger partial charge in [0, 0.05) is 6.42 Å². The molecular formula is C9H10O3. The molecule has 1 aromatic rings. The Morgan fingerprint density at radius 3 is 2.75 bits per heavy atom. The minimum atomic E-state index is -0.449. The van der Waals surface area contributed by atoms with Gasteiger partial charge in [0.05, 0.1) is 0 Å². The molecule has 0 saturated carbocycles. The molecule has 12 heavy (non-hydrogen) atoms. The standard InChI is InChI=1S/C9H10O3/c10-6-9(12)5-7-2-1-3-8(11)4-7/h1-4,10-11H,5-6H2. The first-order valence-electron chi connectivity index (χ1n) is 3.63. The highest BCUT2D eigenvalue weighted by atomic mass is 16.3. The first-order valence-corrected chi connectivity index (χ1v) is 3.63. The highest BCUT2D eigenvalue weighted by Crippen LogP contribution is 2.11. The number of ketones is 1. The molecule has 0 amide bonds. The molecule has 0 atom stereocenters. The first-order chi connectivity index (χ1) is 5.72. The summed E-state index contributed by atoms with van der Waals surface area (Å²) in [5, 5.41) is 17.5. The van der Waals surface area contributed by atoms with Crippen LogP contribution in [0.1, 0.15) is 5.56 Å². The minimum absolute atomic E-state index is 0.137. The summed E-state index contributed by atoms with van der Waals surface area (Å²) in [6.45, 7) is -0.449. The van der Waals surface area contributed by atoms with Crippen molar-refractivity contribution in [1.82, 2.24) is 0 Å². The second-order valence-electron chi connectivity index (χ2n) is 2.54. The molecule has 3 heteroatoms. The number of aliphatic hydroxyl groups is 1. The number of phenols is 1. The number of hydrogen-bond donors (Lipinski definition) is 2. The molecule has 0 bridgehead atoms. The lowest BCUT2D eigenvalue weighted by molar-refractivity contribution is -0.121. The van der Waals surface area contributed by atoms with Crippen LogP contribution in [0.5, 0.6) is 5.75 Å². The molecule has 0 radical (unpaired) electrons. The average Bonchev–Trinajstić information content (AvgIpc) is 2.04. The molecular weight excluding hydrogens is 156 g/mol. The average molecular weight is 166 g/mol. The van der Waals surface area contributed by atoms with E-state index in [1.807, 2.05) is 0 Å². The maximum atomic E-state index is 10.8. The third-order valence-electron chi connectivity index (χ3n) is 1.49. The van der Waals surface area contributed by atoms with Gasteiger partial charge in [0.15, 0.2) is 5.78 Å². The largest absolute Gasteiger partial charge is 0.508 e. The number of aromatic hydroxyl groups is 1. The zero-order valence-corrected chi connectivity index (χ0v) is 6.53. The van der Waals surface area contributed by atoms with Crippen LogP contribution in [0.2, 0.25) is 0 Å². The summed E-state index contributed by atoms with van der Waals surface area (Å²) in [4.78, 5) is 10.8. The van der Waals surface area contributed by atoms with Crippen molar-refractivity contribution in [2.75, 3.05) is 6.61 Å². The Kier molecular flexibility index (Phi) is 2.82. The van der Waals surface area contributed by atoms with Crippen molar-refractivity contribution in [3.05, 3.63) is 29.8 Å². The molecule has 2 N–H and O–H groups in total. The van der Waals surface area contributed by atoms with Crippen LogP contribution in [-0.4, -0.2) is 22.6 Å². The van der Waals surface area contributed by atoms with Crippen LogP contribution in [0.25, 0.3) is 0 Å². The number of hydrogen-bond acceptors (Lipinski definition) is 3. The van der Waals surface area contributed by atoms with E-state index in [-0.39, 0.29) is 18.0 Å². The van der Waals surface area contributed by atoms with E-state index in [1.54, 1.807) is 12.1 Å². The van der Waals surface area contributed by atoms with Gasteiger partial charge in [0.25, 0.3) is 0 Å². The highest BCUT2D eigenvalue weighted by molar-refractivity contribution is 5.81. The minimum Gasteiger partial charge on any atom is -0.508 e. The lowest BCUT2D eigenvalue weighted by atomic mass is 10.1. The maximum absolute atomic E-state index is 10.8. The molecule has 0 aliphatic carbocycles. The van der Waals surface area contributed by atoms with E-state index >= 15 is 0 Å². The summed E-state index contributed by atoms with van der Waals surface area (Å²) >= 11 is 0. The molecule has 0 spiro atoms. The summed E-state index contributed by atoms with van der Waals surface area (Å²) in [7, 11) is 0. The number of Topliss-reactive ketones (excluding diaryl/α,β-unsaturated/α-hetero) is 1. The molecule has 0 unspecified atom stereocenters. The van der Waals surface area contributed by atoms with Crippen molar-refractivity contribution in [3.63, 3.8) is 0 Å². The van der Waals surface area contributed by atoms with Gasteiger partial charge in [-0.05, 0) is 17.7 Å². The van der Waals surface area contributed by atoms with E-state index in [0.29, 0.717) is 5.56 Å². The molecule has 0 fully saturated rings. The van der Waals surface area contributed by atoms with E-state index < -0.39 is 6.61 Å². The Morgan fingerprint density at radius 1 is 1.42 bits per heavy atom. The number of carbonyl (C=O) groups is 1.